The second-order valence-corrected chi connectivity index (χ2v) is 7.20. The minimum absolute atomic E-state index is 0.0508. The number of aryl methyl sites for hydroxylation is 1. The summed E-state index contributed by atoms with van der Waals surface area (Å²) in [5.74, 6) is 0.833. The third-order valence-electron chi connectivity index (χ3n) is 5.06. The summed E-state index contributed by atoms with van der Waals surface area (Å²) in [7, 11) is 0. The predicted molar refractivity (Wildman–Crippen MR) is 94.2 cm³/mol. The summed E-state index contributed by atoms with van der Waals surface area (Å²) in [6.07, 6.45) is 2.43. The standard InChI is InChI=1S/C17H24N6O3/c1-3-4-21-6-12-7-22(13(8-21)10-26-9-12)15(24)14-5-18-17-19-11(2)20-23(17)16(14)25/h5,12-13H,3-4,6-10H2,1-2H3,(H,18,19,20)/t12-,13-/m0/s1. The van der Waals surface area contributed by atoms with E-state index in [1.54, 1.807) is 11.8 Å². The van der Waals surface area contributed by atoms with E-state index in [2.05, 4.69) is 26.9 Å². The van der Waals surface area contributed by atoms with Crippen LogP contribution in [0.5, 0.6) is 0 Å². The quantitative estimate of drug-likeness (QED) is 0.822. The Hall–Kier alpha value is -2.26. The Morgan fingerprint density at radius 3 is 3.00 bits per heavy atom. The average molecular weight is 360 g/mol. The van der Waals surface area contributed by atoms with Gasteiger partial charge in [-0.2, -0.15) is 9.50 Å². The molecular formula is C17H24N6O3. The second-order valence-electron chi connectivity index (χ2n) is 7.20. The number of aromatic nitrogens is 4. The molecule has 0 aliphatic carbocycles. The topological polar surface area (TPSA) is 95.8 Å². The van der Waals surface area contributed by atoms with E-state index in [1.807, 2.05) is 0 Å². The summed E-state index contributed by atoms with van der Waals surface area (Å²) in [4.78, 5) is 38.4. The maximum absolute atomic E-state index is 13.2. The summed E-state index contributed by atoms with van der Waals surface area (Å²) in [6, 6.07) is -0.0508. The number of hydrogen-bond acceptors (Lipinski definition) is 6. The van der Waals surface area contributed by atoms with Gasteiger partial charge in [0, 0.05) is 31.7 Å². The van der Waals surface area contributed by atoms with Gasteiger partial charge in [0.1, 0.15) is 11.4 Å². The zero-order chi connectivity index (χ0) is 18.3. The number of amides is 1. The van der Waals surface area contributed by atoms with Crippen LogP contribution in [0.2, 0.25) is 0 Å². The molecule has 1 N–H and O–H groups in total. The molecule has 2 aromatic heterocycles. The van der Waals surface area contributed by atoms with Gasteiger partial charge < -0.3 is 14.5 Å². The van der Waals surface area contributed by atoms with Crippen LogP contribution in [-0.4, -0.2) is 80.7 Å². The van der Waals surface area contributed by atoms with Crippen molar-refractivity contribution in [3.05, 3.63) is 27.9 Å². The number of nitrogens with zero attached hydrogens (tertiary/aromatic N) is 5. The highest BCUT2D eigenvalue weighted by molar-refractivity contribution is 5.94. The third kappa shape index (κ3) is 3.01. The minimum atomic E-state index is -0.411. The molecule has 0 unspecified atom stereocenters. The van der Waals surface area contributed by atoms with E-state index in [9.17, 15) is 9.59 Å². The van der Waals surface area contributed by atoms with Gasteiger partial charge in [-0.15, -0.1) is 0 Å². The molecule has 2 bridgehead atoms. The lowest BCUT2D eigenvalue weighted by Crippen LogP contribution is -2.48. The fourth-order valence-corrected chi connectivity index (χ4v) is 3.95. The van der Waals surface area contributed by atoms with Crippen LogP contribution in [0.3, 0.4) is 0 Å². The fraction of sp³-hybridized carbons (Fsp3) is 0.647. The first-order chi connectivity index (χ1) is 12.6. The van der Waals surface area contributed by atoms with E-state index < -0.39 is 5.56 Å². The fourth-order valence-electron chi connectivity index (χ4n) is 3.95. The smallest absolute Gasteiger partial charge is 0.286 e. The Labute approximate surface area is 151 Å². The number of fused-ring (bicyclic) bond motifs is 4. The van der Waals surface area contributed by atoms with Crippen molar-refractivity contribution in [2.45, 2.75) is 26.3 Å². The molecular weight excluding hydrogens is 336 g/mol. The SMILES string of the molecule is CCCN1C[C@@H]2COC[C@H](C1)N(C(=O)c1cnc3nc(C)[nH]n3c1=O)C2. The summed E-state index contributed by atoms with van der Waals surface area (Å²) in [6.45, 7) is 8.37. The molecule has 140 valence electrons. The van der Waals surface area contributed by atoms with Crippen LogP contribution in [0.1, 0.15) is 29.5 Å². The maximum Gasteiger partial charge on any atom is 0.286 e. The molecule has 2 aromatic rings. The highest BCUT2D eigenvalue weighted by Gasteiger charge is 2.36. The molecule has 1 amide bonds. The Morgan fingerprint density at radius 1 is 1.35 bits per heavy atom. The first-order valence-corrected chi connectivity index (χ1v) is 9.12. The second kappa shape index (κ2) is 6.81. The lowest BCUT2D eigenvalue weighted by molar-refractivity contribution is 0.0438. The lowest BCUT2D eigenvalue weighted by atomic mass is 10.1. The molecule has 9 heteroatoms. The molecule has 4 heterocycles. The number of carbonyl (C=O) groups excluding carboxylic acids is 1. The number of aromatic amines is 1. The predicted octanol–water partition coefficient (Wildman–Crippen LogP) is -0.0912. The largest absolute Gasteiger partial charge is 0.379 e. The molecule has 2 saturated heterocycles. The molecule has 0 spiro atoms. The lowest BCUT2D eigenvalue weighted by Gasteiger charge is -2.30. The molecule has 2 aliphatic rings. The number of carbonyl (C=O) groups is 1. The van der Waals surface area contributed by atoms with Gasteiger partial charge >= 0.3 is 0 Å². The summed E-state index contributed by atoms with van der Waals surface area (Å²) in [5.41, 5.74) is -0.341. The number of hydrogen-bond donors (Lipinski definition) is 1. The van der Waals surface area contributed by atoms with Gasteiger partial charge in [0.05, 0.1) is 19.3 Å². The summed E-state index contributed by atoms with van der Waals surface area (Å²) < 4.78 is 7.00. The van der Waals surface area contributed by atoms with Gasteiger partial charge in [-0.25, -0.2) is 4.98 Å². The van der Waals surface area contributed by atoms with E-state index >= 15 is 0 Å². The van der Waals surface area contributed by atoms with Crippen molar-refractivity contribution in [1.82, 2.24) is 29.4 Å². The van der Waals surface area contributed by atoms with Crippen LogP contribution in [0.4, 0.5) is 0 Å². The summed E-state index contributed by atoms with van der Waals surface area (Å²) >= 11 is 0. The highest BCUT2D eigenvalue weighted by atomic mass is 16.5. The van der Waals surface area contributed by atoms with Crippen molar-refractivity contribution >= 4 is 11.7 Å². The van der Waals surface area contributed by atoms with Crippen LogP contribution >= 0.6 is 0 Å². The van der Waals surface area contributed by atoms with Crippen molar-refractivity contribution in [1.29, 1.82) is 0 Å². The number of nitrogens with one attached hydrogen (secondary N) is 1. The molecule has 9 nitrogen and oxygen atoms in total. The molecule has 26 heavy (non-hydrogen) atoms. The third-order valence-corrected chi connectivity index (χ3v) is 5.06. The monoisotopic (exact) mass is 360 g/mol. The van der Waals surface area contributed by atoms with Crippen LogP contribution in [0.15, 0.2) is 11.0 Å². The van der Waals surface area contributed by atoms with Gasteiger partial charge in [0.2, 0.25) is 0 Å². The van der Waals surface area contributed by atoms with Crippen molar-refractivity contribution < 1.29 is 9.53 Å². The van der Waals surface area contributed by atoms with Gasteiger partial charge in [-0.1, -0.05) is 6.92 Å². The van der Waals surface area contributed by atoms with E-state index in [1.165, 1.54) is 10.7 Å². The van der Waals surface area contributed by atoms with Gasteiger partial charge in [-0.3, -0.25) is 14.7 Å². The van der Waals surface area contributed by atoms with Crippen molar-refractivity contribution in [2.24, 2.45) is 5.92 Å². The zero-order valence-corrected chi connectivity index (χ0v) is 15.1. The summed E-state index contributed by atoms with van der Waals surface area (Å²) in [5, 5.41) is 2.83. The van der Waals surface area contributed by atoms with Gasteiger partial charge in [-0.05, 0) is 19.9 Å². The van der Waals surface area contributed by atoms with E-state index in [4.69, 9.17) is 4.74 Å². The first kappa shape index (κ1) is 17.2. The minimum Gasteiger partial charge on any atom is -0.379 e. The Kier molecular flexibility index (Phi) is 4.49. The number of H-pyrrole nitrogens is 1. The highest BCUT2D eigenvalue weighted by Crippen LogP contribution is 2.21. The Morgan fingerprint density at radius 2 is 2.19 bits per heavy atom. The molecule has 4 rings (SSSR count). The number of ether oxygens (including phenoxy) is 1. The average Bonchev–Trinajstić information content (AvgIpc) is 2.76. The van der Waals surface area contributed by atoms with E-state index in [0.29, 0.717) is 25.6 Å². The van der Waals surface area contributed by atoms with Gasteiger partial charge in [0.25, 0.3) is 17.2 Å². The van der Waals surface area contributed by atoms with Crippen LogP contribution in [-0.2, 0) is 4.74 Å². The molecule has 2 fully saturated rings. The molecule has 0 radical (unpaired) electrons. The van der Waals surface area contributed by atoms with Gasteiger partial charge in [0.15, 0.2) is 0 Å². The number of rotatable bonds is 3. The first-order valence-electron chi connectivity index (χ1n) is 9.12. The Bertz CT molecular complexity index is 875. The molecule has 2 aliphatic heterocycles. The Balaban J connectivity index is 1.67. The van der Waals surface area contributed by atoms with Crippen molar-refractivity contribution in [2.75, 3.05) is 39.4 Å². The maximum atomic E-state index is 13.2. The van der Waals surface area contributed by atoms with Crippen LogP contribution in [0.25, 0.3) is 5.78 Å². The molecule has 0 saturated carbocycles. The van der Waals surface area contributed by atoms with Crippen LogP contribution in [0, 0.1) is 12.8 Å². The van der Waals surface area contributed by atoms with E-state index in [-0.39, 0.29) is 29.2 Å². The van der Waals surface area contributed by atoms with E-state index in [0.717, 1.165) is 26.1 Å². The van der Waals surface area contributed by atoms with Crippen molar-refractivity contribution in [3.63, 3.8) is 0 Å². The zero-order valence-electron chi connectivity index (χ0n) is 15.1. The normalized spacial score (nSPS) is 24.0. The van der Waals surface area contributed by atoms with Crippen LogP contribution < -0.4 is 5.56 Å². The molecule has 0 aromatic carbocycles. The van der Waals surface area contributed by atoms with Crippen molar-refractivity contribution in [3.8, 4) is 0 Å². The molecule has 2 atom stereocenters.